The molecule has 0 radical (unpaired) electrons. The number of hydrogen-bond donors (Lipinski definition) is 0. The Labute approximate surface area is 78.8 Å². The normalized spacial score (nSPS) is 31.0. The van der Waals surface area contributed by atoms with Crippen LogP contribution in [0.1, 0.15) is 66.2 Å². The highest BCUT2D eigenvalue weighted by atomic mass is 14.3. The van der Waals surface area contributed by atoms with Gasteiger partial charge in [-0.3, -0.25) is 0 Å². The summed E-state index contributed by atoms with van der Waals surface area (Å²) in [7, 11) is 0. The smallest absolute Gasteiger partial charge is 0.0412 e. The average molecular weight is 170 g/mol. The standard InChI is InChI=1S/C8H14.2C2H6/c1-2-7-4-5-8(3-1)6-7;2*1-2/h7-8H,1-6H2;2*1-2H3. The van der Waals surface area contributed by atoms with Gasteiger partial charge in [-0.2, -0.15) is 0 Å². The van der Waals surface area contributed by atoms with E-state index in [0.29, 0.717) is 0 Å². The molecule has 2 fully saturated rings. The molecule has 74 valence electrons. The van der Waals surface area contributed by atoms with E-state index in [1.807, 2.05) is 27.7 Å². The molecule has 0 N–H and O–H groups in total. The van der Waals surface area contributed by atoms with Crippen LogP contribution in [0, 0.1) is 11.8 Å². The van der Waals surface area contributed by atoms with Crippen molar-refractivity contribution in [3.8, 4) is 0 Å². The molecule has 0 heteroatoms. The van der Waals surface area contributed by atoms with Gasteiger partial charge in [-0.15, -0.1) is 0 Å². The van der Waals surface area contributed by atoms with Crippen LogP contribution in [0.2, 0.25) is 0 Å². The molecule has 0 saturated heterocycles. The molecule has 2 saturated carbocycles. The van der Waals surface area contributed by atoms with Crippen molar-refractivity contribution in [2.45, 2.75) is 66.2 Å². The first kappa shape index (κ1) is 12.0. The van der Waals surface area contributed by atoms with Crippen molar-refractivity contribution in [1.82, 2.24) is 0 Å². The van der Waals surface area contributed by atoms with E-state index in [1.54, 1.807) is 32.1 Å². The van der Waals surface area contributed by atoms with Gasteiger partial charge in [0.25, 0.3) is 0 Å². The molecule has 2 aliphatic carbocycles. The molecule has 0 heterocycles. The Bertz CT molecular complexity index is 72.0. The van der Waals surface area contributed by atoms with Crippen LogP contribution in [0.4, 0.5) is 0 Å². The molecule has 0 aromatic rings. The van der Waals surface area contributed by atoms with E-state index in [-0.39, 0.29) is 0 Å². The molecule has 2 rings (SSSR count). The second-order valence-electron chi connectivity index (χ2n) is 3.48. The van der Waals surface area contributed by atoms with Crippen LogP contribution in [0.3, 0.4) is 0 Å². The van der Waals surface area contributed by atoms with Crippen LogP contribution >= 0.6 is 0 Å². The second-order valence-corrected chi connectivity index (χ2v) is 3.48. The van der Waals surface area contributed by atoms with Gasteiger partial charge in [0.2, 0.25) is 0 Å². The first-order chi connectivity index (χ1) is 5.95. The zero-order valence-electron chi connectivity index (χ0n) is 9.40. The van der Waals surface area contributed by atoms with Gasteiger partial charge in [0.05, 0.1) is 0 Å². The van der Waals surface area contributed by atoms with Gasteiger partial charge in [0.15, 0.2) is 0 Å². The highest BCUT2D eigenvalue weighted by Gasteiger charge is 2.27. The summed E-state index contributed by atoms with van der Waals surface area (Å²) in [6.07, 6.45) is 9.34. The molecule has 0 aliphatic heterocycles. The quantitative estimate of drug-likeness (QED) is 0.497. The Hall–Kier alpha value is 0. The Morgan fingerprint density at radius 1 is 0.667 bits per heavy atom. The van der Waals surface area contributed by atoms with Crippen LogP contribution in [-0.2, 0) is 0 Å². The van der Waals surface area contributed by atoms with Gasteiger partial charge in [-0.05, 0) is 18.3 Å². The Balaban J connectivity index is 0.000000269. The molecule has 12 heavy (non-hydrogen) atoms. The molecule has 2 atom stereocenters. The van der Waals surface area contributed by atoms with Gasteiger partial charge in [-0.25, -0.2) is 0 Å². The summed E-state index contributed by atoms with van der Waals surface area (Å²) in [6, 6.07) is 0. The summed E-state index contributed by atoms with van der Waals surface area (Å²) < 4.78 is 0. The third-order valence-electron chi connectivity index (χ3n) is 2.87. The second kappa shape index (κ2) is 7.64. The first-order valence-electron chi connectivity index (χ1n) is 5.95. The maximum absolute atomic E-state index is 2.00. The van der Waals surface area contributed by atoms with Crippen molar-refractivity contribution in [3.63, 3.8) is 0 Å². The molecule has 0 spiro atoms. The molecular weight excluding hydrogens is 144 g/mol. The fraction of sp³-hybridized carbons (Fsp3) is 1.00. The maximum atomic E-state index is 2.00. The minimum absolute atomic E-state index is 1.16. The van der Waals surface area contributed by atoms with Crippen molar-refractivity contribution in [3.05, 3.63) is 0 Å². The third-order valence-corrected chi connectivity index (χ3v) is 2.87. The van der Waals surface area contributed by atoms with E-state index in [1.165, 1.54) is 6.42 Å². The number of fused-ring (bicyclic) bond motifs is 2. The Kier molecular flexibility index (Phi) is 7.64. The first-order valence-corrected chi connectivity index (χ1v) is 5.95. The van der Waals surface area contributed by atoms with E-state index in [9.17, 15) is 0 Å². The average Bonchev–Trinajstić information content (AvgIpc) is 2.52. The third kappa shape index (κ3) is 3.60. The van der Waals surface area contributed by atoms with E-state index in [2.05, 4.69) is 0 Å². The highest BCUT2D eigenvalue weighted by Crippen LogP contribution is 2.41. The molecular formula is C12H26. The predicted octanol–water partition coefficient (Wildman–Crippen LogP) is 4.64. The minimum Gasteiger partial charge on any atom is -0.0683 e. The SMILES string of the molecule is C1CC2CCC(C1)C2.CC.CC. The van der Waals surface area contributed by atoms with Crippen molar-refractivity contribution < 1.29 is 0 Å². The summed E-state index contributed by atoms with van der Waals surface area (Å²) in [6.45, 7) is 8.00. The lowest BCUT2D eigenvalue weighted by atomic mass is 9.89. The van der Waals surface area contributed by atoms with E-state index in [0.717, 1.165) is 11.8 Å². The Morgan fingerprint density at radius 2 is 1.08 bits per heavy atom. The van der Waals surface area contributed by atoms with Gasteiger partial charge in [0.1, 0.15) is 0 Å². The molecule has 0 aromatic carbocycles. The van der Waals surface area contributed by atoms with E-state index in [4.69, 9.17) is 0 Å². The van der Waals surface area contributed by atoms with E-state index < -0.39 is 0 Å². The van der Waals surface area contributed by atoms with E-state index >= 15 is 0 Å². The van der Waals surface area contributed by atoms with Crippen molar-refractivity contribution >= 4 is 0 Å². The summed E-state index contributed by atoms with van der Waals surface area (Å²) in [5.74, 6) is 2.32. The monoisotopic (exact) mass is 170 g/mol. The lowest BCUT2D eigenvalue weighted by Crippen LogP contribution is -2.03. The molecule has 0 nitrogen and oxygen atoms in total. The number of hydrogen-bond acceptors (Lipinski definition) is 0. The summed E-state index contributed by atoms with van der Waals surface area (Å²) in [5, 5.41) is 0. The molecule has 2 aliphatic rings. The summed E-state index contributed by atoms with van der Waals surface area (Å²) in [5.41, 5.74) is 0. The lowest BCUT2D eigenvalue weighted by Gasteiger charge is -2.16. The summed E-state index contributed by atoms with van der Waals surface area (Å²) >= 11 is 0. The molecule has 2 unspecified atom stereocenters. The van der Waals surface area contributed by atoms with Crippen molar-refractivity contribution in [2.24, 2.45) is 11.8 Å². The van der Waals surface area contributed by atoms with Crippen LogP contribution in [0.5, 0.6) is 0 Å². The number of rotatable bonds is 0. The molecule has 0 aromatic heterocycles. The zero-order chi connectivity index (χ0) is 9.40. The van der Waals surface area contributed by atoms with Crippen LogP contribution in [0.15, 0.2) is 0 Å². The van der Waals surface area contributed by atoms with Gasteiger partial charge < -0.3 is 0 Å². The predicted molar refractivity (Wildman–Crippen MR) is 57.4 cm³/mol. The molecule has 2 bridgehead atoms. The fourth-order valence-corrected chi connectivity index (χ4v) is 2.40. The summed E-state index contributed by atoms with van der Waals surface area (Å²) in [4.78, 5) is 0. The largest absolute Gasteiger partial charge is 0.0683 e. The van der Waals surface area contributed by atoms with Crippen molar-refractivity contribution in [1.29, 1.82) is 0 Å². The van der Waals surface area contributed by atoms with Gasteiger partial charge in [0, 0.05) is 0 Å². The van der Waals surface area contributed by atoms with Gasteiger partial charge in [-0.1, -0.05) is 59.8 Å². The van der Waals surface area contributed by atoms with Crippen LogP contribution < -0.4 is 0 Å². The molecule has 0 amide bonds. The lowest BCUT2D eigenvalue weighted by molar-refractivity contribution is 0.359. The van der Waals surface area contributed by atoms with Gasteiger partial charge >= 0.3 is 0 Å². The van der Waals surface area contributed by atoms with Crippen molar-refractivity contribution in [2.75, 3.05) is 0 Å². The fourth-order valence-electron chi connectivity index (χ4n) is 2.40. The topological polar surface area (TPSA) is 0 Å². The zero-order valence-corrected chi connectivity index (χ0v) is 9.40. The van der Waals surface area contributed by atoms with Crippen LogP contribution in [0.25, 0.3) is 0 Å². The minimum atomic E-state index is 1.16. The Morgan fingerprint density at radius 3 is 1.42 bits per heavy atom. The van der Waals surface area contributed by atoms with Crippen LogP contribution in [-0.4, -0.2) is 0 Å². The highest BCUT2D eigenvalue weighted by molar-refractivity contribution is 4.80. The maximum Gasteiger partial charge on any atom is -0.0412 e.